The molecule has 88 valence electrons. The molecule has 0 spiro atoms. The third kappa shape index (κ3) is 3.63. The lowest BCUT2D eigenvalue weighted by Gasteiger charge is -2.04. The van der Waals surface area contributed by atoms with Crippen molar-refractivity contribution >= 4 is 15.7 Å². The number of hydrogen-bond acceptors (Lipinski definition) is 4. The van der Waals surface area contributed by atoms with Gasteiger partial charge in [0.1, 0.15) is 6.61 Å². The third-order valence-corrected chi connectivity index (χ3v) is 3.11. The van der Waals surface area contributed by atoms with Gasteiger partial charge in [0, 0.05) is 12.8 Å². The second-order valence-electron chi connectivity index (χ2n) is 3.35. The smallest absolute Gasteiger partial charge is 0.245 e. The molecule has 1 aromatic rings. The van der Waals surface area contributed by atoms with E-state index in [4.69, 9.17) is 5.11 Å². The maximum atomic E-state index is 11.2. The van der Waals surface area contributed by atoms with Gasteiger partial charge < -0.3 is 10.4 Å². The third-order valence-electron chi connectivity index (χ3n) is 1.98. The second-order valence-corrected chi connectivity index (χ2v) is 5.37. The maximum absolute atomic E-state index is 11.2. The molecule has 0 bridgehead atoms. The molecule has 6 heteroatoms. The summed E-state index contributed by atoms with van der Waals surface area (Å²) in [6, 6.07) is 6.20. The zero-order valence-corrected chi connectivity index (χ0v) is 9.62. The highest BCUT2D eigenvalue weighted by Gasteiger charge is 2.06. The summed E-state index contributed by atoms with van der Waals surface area (Å²) in [5.74, 6) is -0.466. The predicted molar refractivity (Wildman–Crippen MR) is 58.5 cm³/mol. The number of aliphatic hydroxyl groups is 1. The molecular formula is C10H13NO4S. The summed E-state index contributed by atoms with van der Waals surface area (Å²) in [7, 11) is -3.18. The van der Waals surface area contributed by atoms with Crippen molar-refractivity contribution in [3.63, 3.8) is 0 Å². The van der Waals surface area contributed by atoms with Gasteiger partial charge in [-0.3, -0.25) is 4.79 Å². The topological polar surface area (TPSA) is 83.5 Å². The molecule has 0 aliphatic carbocycles. The number of nitrogens with one attached hydrogen (secondary N) is 1. The Hall–Kier alpha value is -1.40. The van der Waals surface area contributed by atoms with Crippen molar-refractivity contribution in [1.82, 2.24) is 5.32 Å². The molecule has 1 aromatic carbocycles. The number of carbonyl (C=O) groups excluding carboxylic acids is 1. The average Bonchev–Trinajstić information content (AvgIpc) is 2.25. The van der Waals surface area contributed by atoms with Crippen molar-refractivity contribution in [2.75, 3.05) is 12.9 Å². The van der Waals surface area contributed by atoms with Gasteiger partial charge in [-0.2, -0.15) is 0 Å². The number of aliphatic hydroxyl groups excluding tert-OH is 1. The molecule has 1 rings (SSSR count). The van der Waals surface area contributed by atoms with Crippen LogP contribution < -0.4 is 5.32 Å². The monoisotopic (exact) mass is 243 g/mol. The highest BCUT2D eigenvalue weighted by Crippen LogP contribution is 2.09. The van der Waals surface area contributed by atoms with Crippen molar-refractivity contribution in [1.29, 1.82) is 0 Å². The van der Waals surface area contributed by atoms with E-state index in [1.54, 1.807) is 12.1 Å². The molecule has 0 aromatic heterocycles. The van der Waals surface area contributed by atoms with E-state index in [9.17, 15) is 13.2 Å². The van der Waals surface area contributed by atoms with Crippen LogP contribution in [0, 0.1) is 0 Å². The Morgan fingerprint density at radius 3 is 2.31 bits per heavy atom. The minimum absolute atomic E-state index is 0.240. The molecule has 1 amide bonds. The van der Waals surface area contributed by atoms with Crippen LogP contribution in [-0.4, -0.2) is 32.3 Å². The lowest BCUT2D eigenvalue weighted by Crippen LogP contribution is -2.25. The molecule has 16 heavy (non-hydrogen) atoms. The number of rotatable bonds is 4. The van der Waals surface area contributed by atoms with Crippen LogP contribution in [0.2, 0.25) is 0 Å². The van der Waals surface area contributed by atoms with E-state index in [1.807, 2.05) is 0 Å². The fraction of sp³-hybridized carbons (Fsp3) is 0.300. The number of benzene rings is 1. The fourth-order valence-corrected chi connectivity index (χ4v) is 1.74. The molecule has 0 atom stereocenters. The number of carbonyl (C=O) groups is 1. The van der Waals surface area contributed by atoms with Gasteiger partial charge in [0.25, 0.3) is 0 Å². The highest BCUT2D eigenvalue weighted by molar-refractivity contribution is 7.90. The van der Waals surface area contributed by atoms with Gasteiger partial charge in [-0.25, -0.2) is 8.42 Å². The lowest BCUT2D eigenvalue weighted by atomic mass is 10.2. The van der Waals surface area contributed by atoms with E-state index in [1.165, 1.54) is 12.1 Å². The largest absolute Gasteiger partial charge is 0.387 e. The first-order valence-electron chi connectivity index (χ1n) is 4.60. The van der Waals surface area contributed by atoms with Crippen LogP contribution in [0.1, 0.15) is 5.56 Å². The molecule has 0 unspecified atom stereocenters. The summed E-state index contributed by atoms with van der Waals surface area (Å²) in [6.45, 7) is -0.287. The molecule has 2 N–H and O–H groups in total. The van der Waals surface area contributed by atoms with Gasteiger partial charge in [0.15, 0.2) is 9.84 Å². The SMILES string of the molecule is CS(=O)(=O)c1ccc(CNC(=O)CO)cc1. The molecule has 0 fully saturated rings. The predicted octanol–water partition coefficient (Wildman–Crippen LogP) is -0.301. The van der Waals surface area contributed by atoms with Crippen LogP contribution in [0.5, 0.6) is 0 Å². The van der Waals surface area contributed by atoms with Gasteiger partial charge in [-0.1, -0.05) is 12.1 Å². The summed E-state index contributed by atoms with van der Waals surface area (Å²) in [6.07, 6.45) is 1.13. The van der Waals surface area contributed by atoms with Crippen LogP contribution in [0.3, 0.4) is 0 Å². The summed E-state index contributed by atoms with van der Waals surface area (Å²) in [5.41, 5.74) is 0.772. The van der Waals surface area contributed by atoms with Crippen LogP contribution in [0.4, 0.5) is 0 Å². The first-order valence-corrected chi connectivity index (χ1v) is 6.49. The quantitative estimate of drug-likeness (QED) is 0.760. The van der Waals surface area contributed by atoms with Gasteiger partial charge in [0.2, 0.25) is 5.91 Å². The molecule has 0 radical (unpaired) electrons. The first kappa shape index (κ1) is 12.7. The Morgan fingerprint density at radius 2 is 1.88 bits per heavy atom. The van der Waals surface area contributed by atoms with Crippen LogP contribution in [-0.2, 0) is 21.2 Å². The highest BCUT2D eigenvalue weighted by atomic mass is 32.2. The van der Waals surface area contributed by atoms with E-state index in [0.717, 1.165) is 11.8 Å². The Balaban J connectivity index is 2.69. The zero-order valence-electron chi connectivity index (χ0n) is 8.80. The summed E-state index contributed by atoms with van der Waals surface area (Å²) in [5, 5.41) is 10.9. The van der Waals surface area contributed by atoms with Gasteiger partial charge in [-0.15, -0.1) is 0 Å². The Kier molecular flexibility index (Phi) is 4.03. The number of hydrogen-bond donors (Lipinski definition) is 2. The Bertz CT molecular complexity index is 464. The molecule has 0 aliphatic heterocycles. The van der Waals surface area contributed by atoms with Crippen molar-refractivity contribution in [2.24, 2.45) is 0 Å². The van der Waals surface area contributed by atoms with Gasteiger partial charge >= 0.3 is 0 Å². The van der Waals surface area contributed by atoms with E-state index in [-0.39, 0.29) is 11.4 Å². The minimum Gasteiger partial charge on any atom is -0.387 e. The van der Waals surface area contributed by atoms with E-state index < -0.39 is 22.4 Å². The summed E-state index contributed by atoms with van der Waals surface area (Å²) >= 11 is 0. The molecule has 0 saturated carbocycles. The van der Waals surface area contributed by atoms with Crippen molar-refractivity contribution in [2.45, 2.75) is 11.4 Å². The zero-order chi connectivity index (χ0) is 12.2. The van der Waals surface area contributed by atoms with E-state index in [0.29, 0.717) is 0 Å². The lowest BCUT2D eigenvalue weighted by molar-refractivity contribution is -0.123. The van der Waals surface area contributed by atoms with Gasteiger partial charge in [-0.05, 0) is 17.7 Å². The first-order chi connectivity index (χ1) is 7.43. The maximum Gasteiger partial charge on any atom is 0.245 e. The van der Waals surface area contributed by atoms with E-state index in [2.05, 4.69) is 5.32 Å². The van der Waals surface area contributed by atoms with E-state index >= 15 is 0 Å². The van der Waals surface area contributed by atoms with Gasteiger partial charge in [0.05, 0.1) is 4.90 Å². The van der Waals surface area contributed by atoms with Crippen LogP contribution in [0.25, 0.3) is 0 Å². The van der Waals surface area contributed by atoms with Crippen LogP contribution in [0.15, 0.2) is 29.2 Å². The minimum atomic E-state index is -3.18. The Labute approximate surface area is 94.0 Å². The van der Waals surface area contributed by atoms with Crippen molar-refractivity contribution in [3.05, 3.63) is 29.8 Å². The molecule has 0 heterocycles. The number of amides is 1. The number of sulfone groups is 1. The normalized spacial score (nSPS) is 11.1. The van der Waals surface area contributed by atoms with Crippen LogP contribution >= 0.6 is 0 Å². The summed E-state index contributed by atoms with van der Waals surface area (Å²) < 4.78 is 22.3. The van der Waals surface area contributed by atoms with Crippen molar-refractivity contribution < 1.29 is 18.3 Å². The standard InChI is InChI=1S/C10H13NO4S/c1-16(14,15)9-4-2-8(3-5-9)6-11-10(13)7-12/h2-5,12H,6-7H2,1H3,(H,11,13). The fourth-order valence-electron chi connectivity index (χ4n) is 1.11. The molecule has 0 aliphatic rings. The van der Waals surface area contributed by atoms with Crippen molar-refractivity contribution in [3.8, 4) is 0 Å². The summed E-state index contributed by atoms with van der Waals surface area (Å²) in [4.78, 5) is 11.0. The molecular weight excluding hydrogens is 230 g/mol. The molecule has 0 saturated heterocycles. The Morgan fingerprint density at radius 1 is 1.31 bits per heavy atom. The average molecular weight is 243 g/mol. The second kappa shape index (κ2) is 5.09. The molecule has 5 nitrogen and oxygen atoms in total.